The number of hydrogen-bond donors (Lipinski definition) is 1. The summed E-state index contributed by atoms with van der Waals surface area (Å²) in [5.41, 5.74) is 0.514. The lowest BCUT2D eigenvalue weighted by Gasteiger charge is -2.12. The molecule has 3 heteroatoms. The zero-order valence-corrected chi connectivity index (χ0v) is 8.83. The van der Waals surface area contributed by atoms with Gasteiger partial charge in [0.05, 0.1) is 6.04 Å². The molecule has 1 N–H and O–H groups in total. The highest BCUT2D eigenvalue weighted by atomic mass is 15.2. The van der Waals surface area contributed by atoms with Crippen molar-refractivity contribution in [3.8, 4) is 0 Å². The molecule has 14 heavy (non-hydrogen) atoms. The number of hydrogen-bond acceptors (Lipinski definition) is 2. The van der Waals surface area contributed by atoms with E-state index in [9.17, 15) is 0 Å². The second-order valence-electron chi connectivity index (χ2n) is 5.23. The highest BCUT2D eigenvalue weighted by Gasteiger charge is 2.47. The zero-order valence-electron chi connectivity index (χ0n) is 8.83. The van der Waals surface area contributed by atoms with Gasteiger partial charge in [-0.1, -0.05) is 13.8 Å². The molecule has 3 nitrogen and oxygen atoms in total. The normalized spacial score (nSPS) is 33.0. The Kier molecular flexibility index (Phi) is 1.57. The van der Waals surface area contributed by atoms with Crippen molar-refractivity contribution in [2.75, 3.05) is 0 Å². The molecule has 0 bridgehead atoms. The van der Waals surface area contributed by atoms with E-state index in [1.54, 1.807) is 0 Å². The van der Waals surface area contributed by atoms with Gasteiger partial charge in [-0.15, -0.1) is 0 Å². The summed E-state index contributed by atoms with van der Waals surface area (Å²) in [7, 11) is 0. The second kappa shape index (κ2) is 2.60. The van der Waals surface area contributed by atoms with Crippen LogP contribution >= 0.6 is 0 Å². The average molecular weight is 191 g/mol. The van der Waals surface area contributed by atoms with Gasteiger partial charge in [0.1, 0.15) is 5.82 Å². The van der Waals surface area contributed by atoms with Gasteiger partial charge in [-0.25, -0.2) is 4.98 Å². The first kappa shape index (κ1) is 8.48. The van der Waals surface area contributed by atoms with Gasteiger partial charge in [-0.3, -0.25) is 0 Å². The molecule has 0 aromatic carbocycles. The van der Waals surface area contributed by atoms with Crippen molar-refractivity contribution < 1.29 is 0 Å². The third kappa shape index (κ3) is 1.19. The van der Waals surface area contributed by atoms with Crippen molar-refractivity contribution >= 4 is 0 Å². The molecule has 1 saturated carbocycles. The van der Waals surface area contributed by atoms with Gasteiger partial charge in [0.25, 0.3) is 0 Å². The van der Waals surface area contributed by atoms with Gasteiger partial charge in [0.15, 0.2) is 0 Å². The van der Waals surface area contributed by atoms with Crippen LogP contribution < -0.4 is 5.32 Å². The van der Waals surface area contributed by atoms with Crippen LogP contribution in [0.1, 0.15) is 38.6 Å². The van der Waals surface area contributed by atoms with Crippen molar-refractivity contribution in [3.05, 3.63) is 18.2 Å². The number of fused-ring (bicyclic) bond motifs is 1. The maximum absolute atomic E-state index is 4.41. The SMILES string of the molecule is CC1(C)CC1NC1CCn2ccnc21. The van der Waals surface area contributed by atoms with Crippen LogP contribution in [0.5, 0.6) is 0 Å². The van der Waals surface area contributed by atoms with Crippen LogP contribution in [0.3, 0.4) is 0 Å². The van der Waals surface area contributed by atoms with Crippen molar-refractivity contribution in [2.24, 2.45) is 5.41 Å². The lowest BCUT2D eigenvalue weighted by Crippen LogP contribution is -2.25. The molecular weight excluding hydrogens is 174 g/mol. The summed E-state index contributed by atoms with van der Waals surface area (Å²) in [6, 6.07) is 1.20. The van der Waals surface area contributed by atoms with E-state index >= 15 is 0 Å². The van der Waals surface area contributed by atoms with Crippen LogP contribution in [0.4, 0.5) is 0 Å². The molecule has 1 aromatic rings. The van der Waals surface area contributed by atoms with Crippen LogP contribution in [0, 0.1) is 5.41 Å². The molecule has 0 saturated heterocycles. The first-order valence-electron chi connectivity index (χ1n) is 5.44. The lowest BCUT2D eigenvalue weighted by atomic mass is 10.1. The van der Waals surface area contributed by atoms with Crippen LogP contribution in [0.2, 0.25) is 0 Å². The largest absolute Gasteiger partial charge is 0.334 e. The summed E-state index contributed by atoms with van der Waals surface area (Å²) in [6.07, 6.45) is 6.50. The minimum Gasteiger partial charge on any atom is -0.334 e. The fourth-order valence-electron chi connectivity index (χ4n) is 2.37. The predicted octanol–water partition coefficient (Wildman–Crippen LogP) is 1.72. The third-order valence-corrected chi connectivity index (χ3v) is 3.63. The van der Waals surface area contributed by atoms with Gasteiger partial charge < -0.3 is 9.88 Å². The number of aromatic nitrogens is 2. The standard InChI is InChI=1S/C11H17N3/c1-11(2)7-9(11)13-8-3-5-14-6-4-12-10(8)14/h4,6,8-9,13H,3,5,7H2,1-2H3. The van der Waals surface area contributed by atoms with Crippen molar-refractivity contribution in [2.45, 2.75) is 45.3 Å². The van der Waals surface area contributed by atoms with Gasteiger partial charge in [0.2, 0.25) is 0 Å². The molecule has 1 fully saturated rings. The van der Waals surface area contributed by atoms with E-state index < -0.39 is 0 Å². The van der Waals surface area contributed by atoms with E-state index in [-0.39, 0.29) is 0 Å². The number of rotatable bonds is 2. The Morgan fingerprint density at radius 3 is 3.07 bits per heavy atom. The van der Waals surface area contributed by atoms with Gasteiger partial charge >= 0.3 is 0 Å². The molecule has 2 atom stereocenters. The minimum atomic E-state index is 0.497. The Morgan fingerprint density at radius 2 is 2.36 bits per heavy atom. The van der Waals surface area contributed by atoms with E-state index in [0.717, 1.165) is 6.54 Å². The first-order chi connectivity index (χ1) is 6.67. The Balaban J connectivity index is 1.71. The van der Waals surface area contributed by atoms with E-state index in [0.29, 0.717) is 17.5 Å². The number of aryl methyl sites for hydroxylation is 1. The molecule has 1 aliphatic heterocycles. The molecule has 2 aliphatic rings. The van der Waals surface area contributed by atoms with Gasteiger partial charge in [-0.2, -0.15) is 0 Å². The maximum Gasteiger partial charge on any atom is 0.125 e. The summed E-state index contributed by atoms with van der Waals surface area (Å²) in [6.45, 7) is 5.78. The highest BCUT2D eigenvalue weighted by molar-refractivity contribution is 5.09. The van der Waals surface area contributed by atoms with Crippen molar-refractivity contribution in [3.63, 3.8) is 0 Å². The summed E-state index contributed by atoms with van der Waals surface area (Å²) >= 11 is 0. The molecule has 0 amide bonds. The molecule has 0 spiro atoms. The fraction of sp³-hybridized carbons (Fsp3) is 0.727. The van der Waals surface area contributed by atoms with E-state index in [4.69, 9.17) is 0 Å². The highest BCUT2D eigenvalue weighted by Crippen LogP contribution is 2.46. The van der Waals surface area contributed by atoms with Gasteiger partial charge in [-0.05, 0) is 18.3 Å². The molecule has 2 unspecified atom stereocenters. The van der Waals surface area contributed by atoms with E-state index in [2.05, 4.69) is 34.9 Å². The summed E-state index contributed by atoms with van der Waals surface area (Å²) < 4.78 is 2.26. The Bertz CT molecular complexity index is 353. The molecule has 3 rings (SSSR count). The van der Waals surface area contributed by atoms with E-state index in [1.165, 1.54) is 18.7 Å². The first-order valence-corrected chi connectivity index (χ1v) is 5.44. The van der Waals surface area contributed by atoms with Crippen molar-refractivity contribution in [1.82, 2.24) is 14.9 Å². The Morgan fingerprint density at radius 1 is 1.57 bits per heavy atom. The molecule has 76 valence electrons. The second-order valence-corrected chi connectivity index (χ2v) is 5.23. The number of imidazole rings is 1. The third-order valence-electron chi connectivity index (χ3n) is 3.63. The van der Waals surface area contributed by atoms with Crippen LogP contribution in [0.25, 0.3) is 0 Å². The molecular formula is C11H17N3. The Hall–Kier alpha value is -0.830. The Labute approximate surface area is 84.5 Å². The molecule has 0 radical (unpaired) electrons. The van der Waals surface area contributed by atoms with Crippen LogP contribution in [-0.2, 0) is 6.54 Å². The maximum atomic E-state index is 4.41. The average Bonchev–Trinajstić information content (AvgIpc) is 2.56. The topological polar surface area (TPSA) is 29.9 Å². The predicted molar refractivity (Wildman–Crippen MR) is 54.9 cm³/mol. The summed E-state index contributed by atoms with van der Waals surface area (Å²) in [4.78, 5) is 4.41. The quantitative estimate of drug-likeness (QED) is 0.771. The van der Waals surface area contributed by atoms with Crippen LogP contribution in [0.15, 0.2) is 12.4 Å². The summed E-state index contributed by atoms with van der Waals surface area (Å²) in [5.74, 6) is 1.23. The monoisotopic (exact) mass is 191 g/mol. The van der Waals surface area contributed by atoms with Crippen LogP contribution in [-0.4, -0.2) is 15.6 Å². The smallest absolute Gasteiger partial charge is 0.125 e. The molecule has 2 heterocycles. The number of nitrogens with zero attached hydrogens (tertiary/aromatic N) is 2. The molecule has 1 aromatic heterocycles. The number of nitrogens with one attached hydrogen (secondary N) is 1. The van der Waals surface area contributed by atoms with Gasteiger partial charge in [0, 0.05) is 25.0 Å². The van der Waals surface area contributed by atoms with Crippen molar-refractivity contribution in [1.29, 1.82) is 0 Å². The lowest BCUT2D eigenvalue weighted by molar-refractivity contribution is 0.463. The van der Waals surface area contributed by atoms with E-state index in [1.807, 2.05) is 6.20 Å². The fourth-order valence-corrected chi connectivity index (χ4v) is 2.37. The summed E-state index contributed by atoms with van der Waals surface area (Å²) in [5, 5.41) is 3.70. The molecule has 1 aliphatic carbocycles. The zero-order chi connectivity index (χ0) is 9.76. The minimum absolute atomic E-state index is 0.497.